The Morgan fingerprint density at radius 1 is 1.38 bits per heavy atom. The summed E-state index contributed by atoms with van der Waals surface area (Å²) in [6, 6.07) is 0. The summed E-state index contributed by atoms with van der Waals surface area (Å²) in [5.41, 5.74) is 0. The quantitative estimate of drug-likeness (QED) is 0.468. The second kappa shape index (κ2) is 2.03. The molecule has 0 radical (unpaired) electrons. The molecular weight excluding hydrogens is 126 g/mol. The Balaban J connectivity index is 2.96. The highest BCUT2D eigenvalue weighted by Crippen LogP contribution is 1.91. The zero-order valence-electron chi connectivity index (χ0n) is 8.14. The summed E-state index contributed by atoms with van der Waals surface area (Å²) >= 11 is 0. The van der Waals surface area contributed by atoms with Crippen LogP contribution in [0.1, 0.15) is 5.48 Å². The van der Waals surface area contributed by atoms with Gasteiger partial charge in [-0.3, -0.25) is 0 Å². The fourth-order valence-electron chi connectivity index (χ4n) is 0.406. The first-order valence-electron chi connectivity index (χ1n) is 4.12. The van der Waals surface area contributed by atoms with Crippen molar-refractivity contribution in [2.24, 2.45) is 0 Å². The van der Waals surface area contributed by atoms with Gasteiger partial charge in [0.1, 0.15) is 0 Å². The molecule has 0 aromatic carbocycles. The van der Waals surface area contributed by atoms with Crippen LogP contribution >= 0.6 is 0 Å². The Hall–Kier alpha value is -0.0900. The lowest BCUT2D eigenvalue weighted by atomic mass is 10.6. The van der Waals surface area contributed by atoms with Crippen molar-refractivity contribution in [2.45, 2.75) is 0 Å². The van der Waals surface area contributed by atoms with E-state index >= 15 is 0 Å². The predicted octanol–water partition coefficient (Wildman–Crippen LogP) is -0.996. The lowest BCUT2D eigenvalue weighted by molar-refractivity contribution is 0.577. The first-order valence-corrected chi connectivity index (χ1v) is 3.94. The van der Waals surface area contributed by atoms with Crippen molar-refractivity contribution >= 4 is 9.84 Å². The van der Waals surface area contributed by atoms with Crippen LogP contribution in [0.25, 0.3) is 0 Å². The van der Waals surface area contributed by atoms with E-state index in [1.165, 1.54) is 0 Å². The molecule has 0 saturated carbocycles. The van der Waals surface area contributed by atoms with Crippen LogP contribution in [0.5, 0.6) is 0 Å². The summed E-state index contributed by atoms with van der Waals surface area (Å²) in [7, 11) is -3.61. The average Bonchev–Trinajstić information content (AvgIpc) is 1.44. The monoisotopic (exact) mass is 139 g/mol. The first-order chi connectivity index (χ1) is 5.12. The van der Waals surface area contributed by atoms with Crippen molar-refractivity contribution in [1.29, 1.82) is 0 Å². The van der Waals surface area contributed by atoms with Gasteiger partial charge in [0.05, 0.1) is 11.5 Å². The molecule has 1 rings (SSSR count). The maximum absolute atomic E-state index is 11.0. The summed E-state index contributed by atoms with van der Waals surface area (Å²) in [6.45, 7) is -4.33. The Bertz CT molecular complexity index is 263. The molecule has 1 saturated heterocycles. The molecule has 0 aromatic heterocycles. The highest BCUT2D eigenvalue weighted by Gasteiger charge is 2.13. The van der Waals surface area contributed by atoms with Crippen molar-refractivity contribution in [3.63, 3.8) is 0 Å². The third-order valence-electron chi connectivity index (χ3n) is 0.761. The number of hydrogen-bond donors (Lipinski definition) is 1. The zero-order chi connectivity index (χ0) is 9.62. The van der Waals surface area contributed by atoms with Gasteiger partial charge in [0.15, 0.2) is 9.84 Å². The van der Waals surface area contributed by atoms with Gasteiger partial charge in [-0.1, -0.05) is 0 Å². The van der Waals surface area contributed by atoms with Crippen LogP contribution in [0.15, 0.2) is 0 Å². The van der Waals surface area contributed by atoms with Gasteiger partial charge in [-0.2, -0.15) is 0 Å². The molecule has 8 heavy (non-hydrogen) atoms. The van der Waals surface area contributed by atoms with Crippen LogP contribution in [0.3, 0.4) is 0 Å². The summed E-state index contributed by atoms with van der Waals surface area (Å²) < 4.78 is 50.2. The third-order valence-corrected chi connectivity index (χ3v) is 1.93. The van der Waals surface area contributed by atoms with E-state index in [1.807, 2.05) is 5.32 Å². The molecule has 1 fully saturated rings. The average molecular weight is 139 g/mol. The fourth-order valence-corrected chi connectivity index (χ4v) is 1.09. The number of nitrogens with one attached hydrogen (secondary N) is 1. The molecule has 1 aliphatic rings. The van der Waals surface area contributed by atoms with Crippen molar-refractivity contribution < 1.29 is 13.9 Å². The lowest BCUT2D eigenvalue weighted by Crippen LogP contribution is -2.35. The second-order valence-corrected chi connectivity index (χ2v) is 3.58. The molecule has 0 aromatic rings. The van der Waals surface area contributed by atoms with Crippen LogP contribution in [0, 0.1) is 0 Å². The first kappa shape index (κ1) is 2.66. The maximum Gasteiger partial charge on any atom is 0.152 e. The van der Waals surface area contributed by atoms with Crippen LogP contribution in [-0.4, -0.2) is 32.9 Å². The smallest absolute Gasteiger partial charge is 0.152 e. The van der Waals surface area contributed by atoms with Gasteiger partial charge in [-0.05, 0) is 0 Å². The molecule has 1 N–H and O–H groups in total. The van der Waals surface area contributed by atoms with Crippen LogP contribution in [-0.2, 0) is 9.84 Å². The molecule has 4 heteroatoms. The molecule has 1 heterocycles. The second-order valence-electron chi connectivity index (χ2n) is 1.51. The van der Waals surface area contributed by atoms with E-state index in [4.69, 9.17) is 5.48 Å². The molecule has 0 spiro atoms. The van der Waals surface area contributed by atoms with E-state index in [2.05, 4.69) is 0 Å². The molecule has 0 atom stereocenters. The van der Waals surface area contributed by atoms with E-state index in [0.717, 1.165) is 0 Å². The Morgan fingerprint density at radius 3 is 2.25 bits per heavy atom. The van der Waals surface area contributed by atoms with E-state index in [0.29, 0.717) is 0 Å². The van der Waals surface area contributed by atoms with Crippen LogP contribution < -0.4 is 5.32 Å². The minimum atomic E-state index is -3.61. The topological polar surface area (TPSA) is 46.2 Å². The number of rotatable bonds is 0. The van der Waals surface area contributed by atoms with Gasteiger partial charge in [0, 0.05) is 18.5 Å². The SMILES string of the molecule is [2H]C1([2H])CS(=O)(=O)CC([2H])([2H])N1. The van der Waals surface area contributed by atoms with Gasteiger partial charge >= 0.3 is 0 Å². The molecule has 0 amide bonds. The van der Waals surface area contributed by atoms with Gasteiger partial charge in [0.2, 0.25) is 0 Å². The fraction of sp³-hybridized carbons (Fsp3) is 1.00. The number of hydrogen-bond acceptors (Lipinski definition) is 3. The molecule has 3 nitrogen and oxygen atoms in total. The van der Waals surface area contributed by atoms with Crippen LogP contribution in [0.2, 0.25) is 0 Å². The minimum absolute atomic E-state index is 0.667. The zero-order valence-corrected chi connectivity index (χ0v) is 4.96. The Morgan fingerprint density at radius 2 is 1.88 bits per heavy atom. The van der Waals surface area contributed by atoms with Crippen molar-refractivity contribution in [2.75, 3.05) is 24.5 Å². The predicted molar refractivity (Wildman–Crippen MR) is 31.5 cm³/mol. The molecule has 1 aliphatic heterocycles. The lowest BCUT2D eigenvalue weighted by Gasteiger charge is -2.10. The molecule has 48 valence electrons. The summed E-state index contributed by atoms with van der Waals surface area (Å²) in [4.78, 5) is 0. The molecule has 0 bridgehead atoms. The standard InChI is InChI=1S/C4H9NO2S/c6-8(7)3-1-5-2-4-8/h5H,1-4H2/i1D2,2D2. The maximum atomic E-state index is 11.0. The molecular formula is C4H9NO2S. The minimum Gasteiger partial charge on any atom is -0.315 e. The van der Waals surface area contributed by atoms with Gasteiger partial charge in [-0.15, -0.1) is 0 Å². The molecule has 0 unspecified atom stereocenters. The van der Waals surface area contributed by atoms with Crippen molar-refractivity contribution in [1.82, 2.24) is 5.32 Å². The number of sulfone groups is 1. The van der Waals surface area contributed by atoms with Crippen molar-refractivity contribution in [3.8, 4) is 0 Å². The summed E-state index contributed by atoms with van der Waals surface area (Å²) in [5.74, 6) is -1.33. The molecule has 0 aliphatic carbocycles. The largest absolute Gasteiger partial charge is 0.315 e. The van der Waals surface area contributed by atoms with E-state index in [1.54, 1.807) is 0 Å². The van der Waals surface area contributed by atoms with Gasteiger partial charge in [0.25, 0.3) is 0 Å². The van der Waals surface area contributed by atoms with Crippen LogP contribution in [0.4, 0.5) is 0 Å². The summed E-state index contributed by atoms with van der Waals surface area (Å²) in [6.07, 6.45) is 0. The van der Waals surface area contributed by atoms with E-state index < -0.39 is 34.3 Å². The highest BCUT2D eigenvalue weighted by molar-refractivity contribution is 7.91. The normalized spacial score (nSPS) is 47.5. The Labute approximate surface area is 54.6 Å². The van der Waals surface area contributed by atoms with Crippen molar-refractivity contribution in [3.05, 3.63) is 0 Å². The van der Waals surface area contributed by atoms with E-state index in [-0.39, 0.29) is 0 Å². The van der Waals surface area contributed by atoms with Gasteiger partial charge < -0.3 is 5.32 Å². The van der Waals surface area contributed by atoms with Gasteiger partial charge in [-0.25, -0.2) is 8.42 Å². The summed E-state index contributed by atoms with van der Waals surface area (Å²) in [5, 5.41) is 1.98. The Kier molecular flexibility index (Phi) is 0.675. The highest BCUT2D eigenvalue weighted by atomic mass is 32.2. The van der Waals surface area contributed by atoms with E-state index in [9.17, 15) is 8.42 Å². The third kappa shape index (κ3) is 1.45.